The highest BCUT2D eigenvalue weighted by molar-refractivity contribution is 6.29. The maximum Gasteiger partial charge on any atom is 0.225 e. The first-order valence-electron chi connectivity index (χ1n) is 6.47. The summed E-state index contributed by atoms with van der Waals surface area (Å²) in [6, 6.07) is 0. The zero-order chi connectivity index (χ0) is 13.1. The molecule has 18 heavy (non-hydrogen) atoms. The fraction of sp³-hybridized carbons (Fsp3) is 0.692. The number of amides is 2. The number of hydrogen-bond donors (Lipinski definition) is 1. The maximum absolute atomic E-state index is 12.0. The molecule has 2 rings (SSSR count). The molecule has 0 aromatic rings. The van der Waals surface area contributed by atoms with E-state index in [0.29, 0.717) is 18.1 Å². The van der Waals surface area contributed by atoms with Crippen molar-refractivity contribution in [2.75, 3.05) is 19.6 Å². The number of nitrogens with one attached hydrogen (secondary N) is 1. The molecule has 0 bridgehead atoms. The normalized spacial score (nSPS) is 23.6. The van der Waals surface area contributed by atoms with Crippen LogP contribution in [0.1, 0.15) is 25.7 Å². The number of halogens is 1. The van der Waals surface area contributed by atoms with Crippen LogP contribution in [0.2, 0.25) is 0 Å². The van der Waals surface area contributed by atoms with Crippen molar-refractivity contribution in [3.63, 3.8) is 0 Å². The highest BCUT2D eigenvalue weighted by atomic mass is 35.5. The van der Waals surface area contributed by atoms with Gasteiger partial charge in [0.2, 0.25) is 11.8 Å². The SMILES string of the molecule is C=C(Cl)CNC(=O)C1CCCN(C(=O)C2CC2)C1. The van der Waals surface area contributed by atoms with Crippen LogP contribution in [-0.4, -0.2) is 36.3 Å². The molecule has 0 aromatic heterocycles. The van der Waals surface area contributed by atoms with Crippen LogP contribution in [0.3, 0.4) is 0 Å². The highest BCUT2D eigenvalue weighted by Gasteiger charge is 2.36. The monoisotopic (exact) mass is 270 g/mol. The zero-order valence-corrected chi connectivity index (χ0v) is 11.2. The van der Waals surface area contributed by atoms with Crippen LogP contribution >= 0.6 is 11.6 Å². The number of piperidine rings is 1. The maximum atomic E-state index is 12.0. The molecule has 1 unspecified atom stereocenters. The lowest BCUT2D eigenvalue weighted by Crippen LogP contribution is -2.46. The van der Waals surface area contributed by atoms with Gasteiger partial charge in [0.25, 0.3) is 0 Å². The summed E-state index contributed by atoms with van der Waals surface area (Å²) in [6.45, 7) is 5.18. The Morgan fingerprint density at radius 1 is 1.28 bits per heavy atom. The molecule has 2 amide bonds. The lowest BCUT2D eigenvalue weighted by Gasteiger charge is -2.32. The number of likely N-dealkylation sites (tertiary alicyclic amines) is 1. The lowest BCUT2D eigenvalue weighted by atomic mass is 9.96. The Balaban J connectivity index is 1.83. The Morgan fingerprint density at radius 3 is 2.61 bits per heavy atom. The van der Waals surface area contributed by atoms with Gasteiger partial charge in [0.1, 0.15) is 0 Å². The van der Waals surface area contributed by atoms with Gasteiger partial charge in [-0.1, -0.05) is 18.2 Å². The largest absolute Gasteiger partial charge is 0.351 e. The smallest absolute Gasteiger partial charge is 0.225 e. The minimum Gasteiger partial charge on any atom is -0.351 e. The quantitative estimate of drug-likeness (QED) is 0.842. The molecule has 0 aromatic carbocycles. The molecular weight excluding hydrogens is 252 g/mol. The van der Waals surface area contributed by atoms with Gasteiger partial charge in [-0.2, -0.15) is 0 Å². The Labute approximate surface area is 112 Å². The van der Waals surface area contributed by atoms with E-state index in [4.69, 9.17) is 11.6 Å². The topological polar surface area (TPSA) is 49.4 Å². The summed E-state index contributed by atoms with van der Waals surface area (Å²) in [4.78, 5) is 25.7. The number of hydrogen-bond acceptors (Lipinski definition) is 2. The van der Waals surface area contributed by atoms with Crippen LogP contribution in [-0.2, 0) is 9.59 Å². The number of carbonyl (C=O) groups excluding carboxylic acids is 2. The van der Waals surface area contributed by atoms with Crippen LogP contribution < -0.4 is 5.32 Å². The van der Waals surface area contributed by atoms with Crippen molar-refractivity contribution < 1.29 is 9.59 Å². The molecule has 1 atom stereocenters. The second kappa shape index (κ2) is 5.74. The number of rotatable bonds is 4. The van der Waals surface area contributed by atoms with Gasteiger partial charge in [0.15, 0.2) is 0 Å². The summed E-state index contributed by atoms with van der Waals surface area (Å²) in [5.41, 5.74) is 0. The van der Waals surface area contributed by atoms with Crippen molar-refractivity contribution in [2.45, 2.75) is 25.7 Å². The van der Waals surface area contributed by atoms with Crippen molar-refractivity contribution >= 4 is 23.4 Å². The van der Waals surface area contributed by atoms with E-state index >= 15 is 0 Å². The van der Waals surface area contributed by atoms with Gasteiger partial charge in [-0.25, -0.2) is 0 Å². The molecule has 1 aliphatic carbocycles. The van der Waals surface area contributed by atoms with Crippen molar-refractivity contribution in [3.8, 4) is 0 Å². The van der Waals surface area contributed by atoms with Gasteiger partial charge < -0.3 is 10.2 Å². The molecule has 1 saturated heterocycles. The van der Waals surface area contributed by atoms with E-state index in [1.54, 1.807) is 0 Å². The predicted octanol–water partition coefficient (Wildman–Crippen LogP) is 1.50. The van der Waals surface area contributed by atoms with Crippen LogP contribution in [0.5, 0.6) is 0 Å². The first kappa shape index (κ1) is 13.4. The first-order chi connectivity index (χ1) is 8.58. The Morgan fingerprint density at radius 2 is 2.00 bits per heavy atom. The van der Waals surface area contributed by atoms with E-state index in [1.165, 1.54) is 0 Å². The summed E-state index contributed by atoms with van der Waals surface area (Å²) in [5.74, 6) is 0.339. The van der Waals surface area contributed by atoms with E-state index in [-0.39, 0.29) is 23.7 Å². The molecule has 2 fully saturated rings. The molecule has 1 saturated carbocycles. The minimum absolute atomic E-state index is 0.0231. The van der Waals surface area contributed by atoms with E-state index < -0.39 is 0 Å². The molecular formula is C13H19ClN2O2. The van der Waals surface area contributed by atoms with E-state index in [9.17, 15) is 9.59 Å². The molecule has 100 valence electrons. The van der Waals surface area contributed by atoms with Crippen molar-refractivity contribution in [1.82, 2.24) is 10.2 Å². The highest BCUT2D eigenvalue weighted by Crippen LogP contribution is 2.32. The third-order valence-corrected chi connectivity index (χ3v) is 3.62. The summed E-state index contributed by atoms with van der Waals surface area (Å²) in [6.07, 6.45) is 3.77. The summed E-state index contributed by atoms with van der Waals surface area (Å²) < 4.78 is 0. The summed E-state index contributed by atoms with van der Waals surface area (Å²) >= 11 is 5.62. The summed E-state index contributed by atoms with van der Waals surface area (Å²) in [7, 11) is 0. The van der Waals surface area contributed by atoms with Gasteiger partial charge in [-0.3, -0.25) is 9.59 Å². The summed E-state index contributed by atoms with van der Waals surface area (Å²) in [5, 5.41) is 3.17. The molecule has 0 spiro atoms. The van der Waals surface area contributed by atoms with Gasteiger partial charge in [0, 0.05) is 24.0 Å². The molecule has 4 nitrogen and oxygen atoms in total. The van der Waals surface area contributed by atoms with Gasteiger partial charge in [-0.15, -0.1) is 0 Å². The van der Waals surface area contributed by atoms with Gasteiger partial charge in [0.05, 0.1) is 12.5 Å². The van der Waals surface area contributed by atoms with E-state index in [1.807, 2.05) is 4.90 Å². The van der Waals surface area contributed by atoms with Crippen molar-refractivity contribution in [2.24, 2.45) is 11.8 Å². The van der Waals surface area contributed by atoms with Crippen molar-refractivity contribution in [1.29, 1.82) is 0 Å². The second-order valence-corrected chi connectivity index (χ2v) is 5.67. The van der Waals surface area contributed by atoms with Gasteiger partial charge >= 0.3 is 0 Å². The fourth-order valence-corrected chi connectivity index (χ4v) is 2.37. The lowest BCUT2D eigenvalue weighted by molar-refractivity contribution is -0.136. The standard InChI is InChI=1S/C13H19ClN2O2/c1-9(14)7-15-12(17)11-3-2-6-16(8-11)13(18)10-4-5-10/h10-11H,1-8H2,(H,15,17). The minimum atomic E-state index is -0.0996. The van der Waals surface area contributed by atoms with Crippen LogP contribution in [0.15, 0.2) is 11.6 Å². The van der Waals surface area contributed by atoms with E-state index in [0.717, 1.165) is 32.2 Å². The molecule has 1 aliphatic heterocycles. The molecule has 0 radical (unpaired) electrons. The second-order valence-electron chi connectivity index (χ2n) is 5.13. The zero-order valence-electron chi connectivity index (χ0n) is 10.5. The fourth-order valence-electron chi connectivity index (χ4n) is 2.31. The third-order valence-electron chi connectivity index (χ3n) is 3.48. The Kier molecular flexibility index (Phi) is 4.27. The molecule has 2 aliphatic rings. The van der Waals surface area contributed by atoms with Gasteiger partial charge in [-0.05, 0) is 25.7 Å². The Hall–Kier alpha value is -1.03. The van der Waals surface area contributed by atoms with Crippen molar-refractivity contribution in [3.05, 3.63) is 11.6 Å². The molecule has 1 heterocycles. The number of carbonyl (C=O) groups is 2. The third kappa shape index (κ3) is 3.48. The predicted molar refractivity (Wildman–Crippen MR) is 70.0 cm³/mol. The first-order valence-corrected chi connectivity index (χ1v) is 6.85. The molecule has 5 heteroatoms. The van der Waals surface area contributed by atoms with E-state index in [2.05, 4.69) is 11.9 Å². The van der Waals surface area contributed by atoms with Crippen LogP contribution in [0.4, 0.5) is 0 Å². The Bertz CT molecular complexity index is 366. The van der Waals surface area contributed by atoms with Crippen LogP contribution in [0, 0.1) is 11.8 Å². The average Bonchev–Trinajstić information content (AvgIpc) is 3.19. The number of nitrogens with zero attached hydrogens (tertiary/aromatic N) is 1. The average molecular weight is 271 g/mol. The van der Waals surface area contributed by atoms with Crippen LogP contribution in [0.25, 0.3) is 0 Å². The molecule has 1 N–H and O–H groups in total.